The number of nitrogens with zero attached hydrogens (tertiary/aromatic N) is 3. The van der Waals surface area contributed by atoms with Crippen molar-refractivity contribution in [2.75, 3.05) is 19.2 Å². The van der Waals surface area contributed by atoms with Crippen molar-refractivity contribution in [3.8, 4) is 28.5 Å². The topological polar surface area (TPSA) is 67.2 Å². The molecule has 1 aliphatic rings. The molecule has 32 heavy (non-hydrogen) atoms. The number of hydrazone groups is 1. The van der Waals surface area contributed by atoms with Crippen LogP contribution in [0, 0.1) is 0 Å². The number of rotatable bonds is 6. The van der Waals surface area contributed by atoms with E-state index in [0.717, 1.165) is 33.5 Å². The summed E-state index contributed by atoms with van der Waals surface area (Å²) in [5.74, 6) is 1.56. The lowest BCUT2D eigenvalue weighted by Crippen LogP contribution is -2.18. The summed E-state index contributed by atoms with van der Waals surface area (Å²) in [7, 11) is 3.24. The van der Waals surface area contributed by atoms with Gasteiger partial charge in [-0.1, -0.05) is 18.2 Å². The Morgan fingerprint density at radius 2 is 1.78 bits per heavy atom. The minimum atomic E-state index is 0.0291. The van der Waals surface area contributed by atoms with Gasteiger partial charge in [0.15, 0.2) is 0 Å². The highest BCUT2D eigenvalue weighted by molar-refractivity contribution is 7.14. The van der Waals surface area contributed by atoms with Crippen LogP contribution in [-0.4, -0.2) is 30.0 Å². The Labute approximate surface area is 194 Å². The van der Waals surface area contributed by atoms with Crippen LogP contribution >= 0.6 is 22.7 Å². The van der Waals surface area contributed by atoms with E-state index in [0.29, 0.717) is 17.0 Å². The van der Waals surface area contributed by atoms with Crippen molar-refractivity contribution in [2.45, 2.75) is 12.5 Å². The molecule has 1 aliphatic heterocycles. The van der Waals surface area contributed by atoms with Gasteiger partial charge in [-0.15, -0.1) is 22.7 Å². The molecule has 2 aromatic heterocycles. The second-order valence-corrected chi connectivity index (χ2v) is 9.04. The number of anilines is 1. The van der Waals surface area contributed by atoms with E-state index < -0.39 is 0 Å². The van der Waals surface area contributed by atoms with Gasteiger partial charge >= 0.3 is 0 Å². The van der Waals surface area contributed by atoms with Crippen LogP contribution in [0.5, 0.6) is 17.2 Å². The third kappa shape index (κ3) is 3.83. The zero-order chi connectivity index (χ0) is 22.1. The highest BCUT2D eigenvalue weighted by atomic mass is 32.1. The summed E-state index contributed by atoms with van der Waals surface area (Å²) in [5.41, 5.74) is 3.56. The minimum Gasteiger partial charge on any atom is -0.507 e. The van der Waals surface area contributed by atoms with Crippen LogP contribution in [0.4, 0.5) is 5.13 Å². The quantitative estimate of drug-likeness (QED) is 0.383. The second-order valence-electron chi connectivity index (χ2n) is 7.26. The van der Waals surface area contributed by atoms with Crippen LogP contribution in [0.15, 0.2) is 70.5 Å². The molecule has 8 heteroatoms. The van der Waals surface area contributed by atoms with Crippen molar-refractivity contribution >= 4 is 33.5 Å². The van der Waals surface area contributed by atoms with Gasteiger partial charge < -0.3 is 14.6 Å². The molecule has 162 valence electrons. The SMILES string of the molecule is COc1ccc([C@@H]2CC(c3cccs3)=NN2c2nc(-c3ccc(OC)cc3O)cs2)cc1. The number of hydrogen-bond donors (Lipinski definition) is 1. The Morgan fingerprint density at radius 3 is 2.47 bits per heavy atom. The van der Waals surface area contributed by atoms with E-state index in [1.54, 1.807) is 31.6 Å². The van der Waals surface area contributed by atoms with Gasteiger partial charge in [0.05, 0.1) is 36.5 Å². The van der Waals surface area contributed by atoms with E-state index in [-0.39, 0.29) is 11.8 Å². The maximum atomic E-state index is 10.4. The molecule has 1 N–H and O–H groups in total. The fraction of sp³-hybridized carbons (Fsp3) is 0.167. The van der Waals surface area contributed by atoms with E-state index >= 15 is 0 Å². The predicted octanol–water partition coefficient (Wildman–Crippen LogP) is 5.95. The molecule has 0 bridgehead atoms. The maximum Gasteiger partial charge on any atom is 0.207 e. The molecule has 0 fully saturated rings. The van der Waals surface area contributed by atoms with E-state index in [2.05, 4.69) is 23.6 Å². The first kappa shape index (κ1) is 20.5. The molecule has 6 nitrogen and oxygen atoms in total. The smallest absolute Gasteiger partial charge is 0.207 e. The molecular formula is C24H21N3O3S2. The average molecular weight is 464 g/mol. The fourth-order valence-corrected chi connectivity index (χ4v) is 5.26. The van der Waals surface area contributed by atoms with Gasteiger partial charge in [-0.05, 0) is 41.3 Å². The van der Waals surface area contributed by atoms with E-state index in [4.69, 9.17) is 19.6 Å². The van der Waals surface area contributed by atoms with Gasteiger partial charge in [0.2, 0.25) is 5.13 Å². The molecule has 0 saturated carbocycles. The molecular weight excluding hydrogens is 442 g/mol. The standard InChI is InChI=1S/C24H21N3O3S2/c1-29-16-7-5-15(6-8-16)21-13-19(23-4-3-11-31-23)26-27(21)24-25-20(14-32-24)18-10-9-17(30-2)12-22(18)28/h3-12,14,21,28H,13H2,1-2H3/t21-/m0/s1. The summed E-state index contributed by atoms with van der Waals surface area (Å²) < 4.78 is 10.5. The van der Waals surface area contributed by atoms with Crippen LogP contribution in [0.3, 0.4) is 0 Å². The molecule has 0 amide bonds. The Bertz CT molecular complexity index is 1250. The zero-order valence-corrected chi connectivity index (χ0v) is 19.2. The van der Waals surface area contributed by atoms with Crippen LogP contribution in [-0.2, 0) is 0 Å². The van der Waals surface area contributed by atoms with Crippen molar-refractivity contribution in [3.05, 3.63) is 75.8 Å². The number of phenols is 1. The third-order valence-corrected chi connectivity index (χ3v) is 7.13. The van der Waals surface area contributed by atoms with Gasteiger partial charge in [-0.2, -0.15) is 5.10 Å². The Morgan fingerprint density at radius 1 is 1.00 bits per heavy atom. The van der Waals surface area contributed by atoms with Gasteiger partial charge in [0, 0.05) is 23.4 Å². The van der Waals surface area contributed by atoms with Crippen LogP contribution < -0.4 is 14.5 Å². The molecule has 0 radical (unpaired) electrons. The summed E-state index contributed by atoms with van der Waals surface area (Å²) in [4.78, 5) is 5.98. The number of thiophene rings is 1. The molecule has 0 unspecified atom stereocenters. The number of benzene rings is 2. The van der Waals surface area contributed by atoms with E-state index in [1.807, 2.05) is 40.7 Å². The predicted molar refractivity (Wildman–Crippen MR) is 129 cm³/mol. The average Bonchev–Trinajstić information content (AvgIpc) is 3.59. The minimum absolute atomic E-state index is 0.0291. The van der Waals surface area contributed by atoms with E-state index in [9.17, 15) is 5.11 Å². The molecule has 0 spiro atoms. The summed E-state index contributed by atoms with van der Waals surface area (Å²) in [6.45, 7) is 0. The first-order chi connectivity index (χ1) is 15.7. The maximum absolute atomic E-state index is 10.4. The largest absolute Gasteiger partial charge is 0.507 e. The number of phenolic OH excluding ortho intramolecular Hbond substituents is 1. The van der Waals surface area contributed by atoms with Gasteiger partial charge in [-0.3, -0.25) is 0 Å². The highest BCUT2D eigenvalue weighted by Gasteiger charge is 2.32. The molecule has 4 aromatic rings. The number of methoxy groups -OCH3 is 2. The first-order valence-electron chi connectivity index (χ1n) is 10.0. The van der Waals surface area contributed by atoms with E-state index in [1.165, 1.54) is 11.3 Å². The normalized spacial score (nSPS) is 15.6. The van der Waals surface area contributed by atoms with Crippen molar-refractivity contribution in [3.63, 3.8) is 0 Å². The summed E-state index contributed by atoms with van der Waals surface area (Å²) in [5, 5.41) is 22.2. The lowest BCUT2D eigenvalue weighted by Gasteiger charge is -2.21. The first-order valence-corrected chi connectivity index (χ1v) is 11.8. The number of aromatic nitrogens is 1. The summed E-state index contributed by atoms with van der Waals surface area (Å²) in [6, 6.07) is 17.5. The van der Waals surface area contributed by atoms with Crippen LogP contribution in [0.2, 0.25) is 0 Å². The number of hydrogen-bond acceptors (Lipinski definition) is 8. The highest BCUT2D eigenvalue weighted by Crippen LogP contribution is 2.41. The summed E-state index contributed by atoms with van der Waals surface area (Å²) >= 11 is 3.20. The monoisotopic (exact) mass is 463 g/mol. The van der Waals surface area contributed by atoms with Gasteiger partial charge in [-0.25, -0.2) is 9.99 Å². The molecule has 1 atom stereocenters. The Balaban J connectivity index is 1.51. The van der Waals surface area contributed by atoms with Gasteiger partial charge in [0.25, 0.3) is 0 Å². The molecule has 2 aromatic carbocycles. The van der Waals surface area contributed by atoms with Gasteiger partial charge in [0.1, 0.15) is 17.2 Å². The number of ether oxygens (including phenoxy) is 2. The fourth-order valence-electron chi connectivity index (χ4n) is 3.71. The lowest BCUT2D eigenvalue weighted by atomic mass is 10.0. The lowest BCUT2D eigenvalue weighted by molar-refractivity contribution is 0.408. The van der Waals surface area contributed by atoms with Crippen molar-refractivity contribution in [1.29, 1.82) is 0 Å². The Hall–Kier alpha value is -3.36. The number of aromatic hydroxyl groups is 1. The molecule has 5 rings (SSSR count). The van der Waals surface area contributed by atoms with Crippen molar-refractivity contribution in [1.82, 2.24) is 4.98 Å². The van der Waals surface area contributed by atoms with Crippen LogP contribution in [0.1, 0.15) is 22.9 Å². The zero-order valence-electron chi connectivity index (χ0n) is 17.6. The summed E-state index contributed by atoms with van der Waals surface area (Å²) in [6.07, 6.45) is 0.787. The van der Waals surface area contributed by atoms with Crippen molar-refractivity contribution in [2.24, 2.45) is 5.10 Å². The third-order valence-electron chi connectivity index (χ3n) is 5.39. The molecule has 0 saturated heterocycles. The Kier molecular flexibility index (Phi) is 5.55. The second kappa shape index (κ2) is 8.64. The molecule has 0 aliphatic carbocycles. The number of thiazole rings is 1. The van der Waals surface area contributed by atoms with Crippen molar-refractivity contribution < 1.29 is 14.6 Å². The van der Waals surface area contributed by atoms with Crippen LogP contribution in [0.25, 0.3) is 11.3 Å². The molecule has 3 heterocycles.